The van der Waals surface area contributed by atoms with Gasteiger partial charge in [0.05, 0.1) is 0 Å². The first-order valence-electron chi connectivity index (χ1n) is 9.40. The highest BCUT2D eigenvalue weighted by Gasteiger charge is 2.23. The molecule has 6 heteroatoms. The molecule has 0 spiro atoms. The van der Waals surface area contributed by atoms with Crippen LogP contribution in [-0.4, -0.2) is 54.6 Å². The van der Waals surface area contributed by atoms with Gasteiger partial charge < -0.3 is 16.0 Å². The summed E-state index contributed by atoms with van der Waals surface area (Å²) in [6.07, 6.45) is 5.96. The van der Waals surface area contributed by atoms with Crippen molar-refractivity contribution in [3.63, 3.8) is 0 Å². The molecule has 0 bridgehead atoms. The van der Waals surface area contributed by atoms with Gasteiger partial charge in [-0.1, -0.05) is 12.5 Å². The van der Waals surface area contributed by atoms with Crippen LogP contribution in [0.1, 0.15) is 45.1 Å². The maximum absolute atomic E-state index is 11.7. The fourth-order valence-electron chi connectivity index (χ4n) is 3.17. The van der Waals surface area contributed by atoms with Crippen LogP contribution in [0.5, 0.6) is 0 Å². The first-order chi connectivity index (χ1) is 12.0. The molecule has 1 atom stereocenters. The summed E-state index contributed by atoms with van der Waals surface area (Å²) in [5.41, 5.74) is 6.66. The van der Waals surface area contributed by atoms with Crippen LogP contribution in [0.2, 0.25) is 0 Å². The van der Waals surface area contributed by atoms with Crippen molar-refractivity contribution >= 4 is 11.7 Å². The number of piperidine rings is 1. The number of hydrogen-bond donors (Lipinski definition) is 2. The Morgan fingerprint density at radius 3 is 2.88 bits per heavy atom. The van der Waals surface area contributed by atoms with Gasteiger partial charge in [0.15, 0.2) is 0 Å². The van der Waals surface area contributed by atoms with E-state index in [1.807, 2.05) is 6.20 Å². The quantitative estimate of drug-likeness (QED) is 0.749. The molecule has 6 nitrogen and oxygen atoms in total. The van der Waals surface area contributed by atoms with Gasteiger partial charge in [0.2, 0.25) is 5.91 Å². The van der Waals surface area contributed by atoms with Gasteiger partial charge in [0, 0.05) is 51.4 Å². The zero-order valence-electron chi connectivity index (χ0n) is 15.9. The van der Waals surface area contributed by atoms with Crippen LogP contribution in [0.25, 0.3) is 0 Å². The highest BCUT2D eigenvalue weighted by molar-refractivity contribution is 5.76. The van der Waals surface area contributed by atoms with Crippen molar-refractivity contribution in [2.45, 2.75) is 58.2 Å². The monoisotopic (exact) mass is 347 g/mol. The molecule has 2 rings (SSSR count). The number of nitrogens with two attached hydrogens (primary N) is 1. The third-order valence-corrected chi connectivity index (χ3v) is 4.99. The molecule has 2 heterocycles. The maximum Gasteiger partial charge on any atom is 0.221 e. The minimum Gasteiger partial charge on any atom is -0.357 e. The smallest absolute Gasteiger partial charge is 0.221 e. The van der Waals surface area contributed by atoms with E-state index in [0.29, 0.717) is 31.6 Å². The van der Waals surface area contributed by atoms with Crippen LogP contribution < -0.4 is 16.0 Å². The van der Waals surface area contributed by atoms with Crippen molar-refractivity contribution in [2.24, 2.45) is 5.73 Å². The molecule has 1 aliphatic rings. The van der Waals surface area contributed by atoms with Crippen LogP contribution in [-0.2, 0) is 11.3 Å². The first-order valence-corrected chi connectivity index (χ1v) is 9.40. The molecule has 0 saturated carbocycles. The normalized spacial score (nSPS) is 18.4. The summed E-state index contributed by atoms with van der Waals surface area (Å²) in [6.45, 7) is 7.39. The molecule has 1 aromatic rings. The van der Waals surface area contributed by atoms with Gasteiger partial charge in [-0.15, -0.1) is 0 Å². The van der Waals surface area contributed by atoms with Gasteiger partial charge in [-0.3, -0.25) is 9.69 Å². The van der Waals surface area contributed by atoms with Gasteiger partial charge in [-0.2, -0.15) is 0 Å². The highest BCUT2D eigenvalue weighted by atomic mass is 16.1. The second kappa shape index (κ2) is 9.73. The Bertz CT molecular complexity index is 531. The molecule has 1 unspecified atom stereocenters. The Balaban J connectivity index is 1.93. The van der Waals surface area contributed by atoms with Gasteiger partial charge in [0.25, 0.3) is 0 Å². The number of nitrogens with zero attached hydrogens (tertiary/aromatic N) is 3. The van der Waals surface area contributed by atoms with Crippen LogP contribution in [0.15, 0.2) is 18.3 Å². The summed E-state index contributed by atoms with van der Waals surface area (Å²) >= 11 is 0. The standard InChI is InChI=1S/C19H33N5O/c1-15(2)23(3)18-8-7-16(12-21-18)14-24-11-5-4-6-17(24)13-22-19(25)9-10-20/h7-8,12,15,17H,4-6,9-11,13-14,20H2,1-3H3,(H,22,25). The van der Waals surface area contributed by atoms with Crippen molar-refractivity contribution < 1.29 is 4.79 Å². The molecule has 1 saturated heterocycles. The lowest BCUT2D eigenvalue weighted by Crippen LogP contribution is -2.46. The second-order valence-corrected chi connectivity index (χ2v) is 7.19. The van der Waals surface area contributed by atoms with E-state index < -0.39 is 0 Å². The summed E-state index contributed by atoms with van der Waals surface area (Å²) in [6, 6.07) is 5.09. The van der Waals surface area contributed by atoms with E-state index in [-0.39, 0.29) is 5.91 Å². The van der Waals surface area contributed by atoms with Gasteiger partial charge in [-0.05, 0) is 44.9 Å². The molecule has 1 amide bonds. The molecule has 0 aromatic carbocycles. The molecule has 1 fully saturated rings. The van der Waals surface area contributed by atoms with Gasteiger partial charge in [-0.25, -0.2) is 4.98 Å². The van der Waals surface area contributed by atoms with E-state index in [4.69, 9.17) is 5.73 Å². The average molecular weight is 348 g/mol. The Hall–Kier alpha value is -1.66. The van der Waals surface area contributed by atoms with Gasteiger partial charge in [0.1, 0.15) is 5.82 Å². The Kier molecular flexibility index (Phi) is 7.65. The summed E-state index contributed by atoms with van der Waals surface area (Å²) < 4.78 is 0. The fourth-order valence-corrected chi connectivity index (χ4v) is 3.17. The molecule has 140 valence electrons. The van der Waals surface area contributed by atoms with Crippen LogP contribution in [0, 0.1) is 0 Å². The van der Waals surface area contributed by atoms with Gasteiger partial charge >= 0.3 is 0 Å². The van der Waals surface area contributed by atoms with Crippen molar-refractivity contribution in [3.8, 4) is 0 Å². The number of carbonyl (C=O) groups excluding carboxylic acids is 1. The number of likely N-dealkylation sites (tertiary alicyclic amines) is 1. The molecule has 0 radical (unpaired) electrons. The summed E-state index contributed by atoms with van der Waals surface area (Å²) in [5.74, 6) is 1.05. The number of carbonyl (C=O) groups is 1. The Morgan fingerprint density at radius 2 is 2.24 bits per heavy atom. The van der Waals surface area contributed by atoms with E-state index in [1.54, 1.807) is 0 Å². The molecule has 3 N–H and O–H groups in total. The molecular weight excluding hydrogens is 314 g/mol. The topological polar surface area (TPSA) is 74.5 Å². The predicted octanol–water partition coefficient (Wildman–Crippen LogP) is 1.75. The number of pyridine rings is 1. The SMILES string of the molecule is CC(C)N(C)c1ccc(CN2CCCCC2CNC(=O)CCN)cn1. The predicted molar refractivity (Wildman–Crippen MR) is 103 cm³/mol. The minimum absolute atomic E-state index is 0.0516. The van der Waals surface area contributed by atoms with E-state index >= 15 is 0 Å². The minimum atomic E-state index is 0.0516. The van der Waals surface area contributed by atoms with Crippen LogP contribution in [0.3, 0.4) is 0 Å². The third-order valence-electron chi connectivity index (χ3n) is 4.99. The van der Waals surface area contributed by atoms with Crippen molar-refractivity contribution in [1.29, 1.82) is 0 Å². The van der Waals surface area contributed by atoms with Crippen LogP contribution >= 0.6 is 0 Å². The maximum atomic E-state index is 11.7. The summed E-state index contributed by atoms with van der Waals surface area (Å²) in [7, 11) is 2.07. The summed E-state index contributed by atoms with van der Waals surface area (Å²) in [5, 5.41) is 3.02. The first kappa shape index (κ1) is 19.7. The van der Waals surface area contributed by atoms with E-state index in [2.05, 4.69) is 53.1 Å². The zero-order valence-corrected chi connectivity index (χ0v) is 15.9. The van der Waals surface area contributed by atoms with E-state index in [0.717, 1.165) is 25.3 Å². The lowest BCUT2D eigenvalue weighted by Gasteiger charge is -2.36. The lowest BCUT2D eigenvalue weighted by atomic mass is 10.0. The lowest BCUT2D eigenvalue weighted by molar-refractivity contribution is -0.121. The third kappa shape index (κ3) is 5.97. The largest absolute Gasteiger partial charge is 0.357 e. The number of aromatic nitrogens is 1. The summed E-state index contributed by atoms with van der Waals surface area (Å²) in [4.78, 5) is 20.9. The number of rotatable bonds is 8. The highest BCUT2D eigenvalue weighted by Crippen LogP contribution is 2.20. The van der Waals surface area contributed by atoms with E-state index in [1.165, 1.54) is 18.4 Å². The second-order valence-electron chi connectivity index (χ2n) is 7.19. The Labute approximate surface area is 151 Å². The number of amides is 1. The Morgan fingerprint density at radius 1 is 1.44 bits per heavy atom. The number of anilines is 1. The molecule has 0 aliphatic carbocycles. The number of hydrogen-bond acceptors (Lipinski definition) is 5. The average Bonchev–Trinajstić information content (AvgIpc) is 2.61. The van der Waals surface area contributed by atoms with Crippen molar-refractivity contribution in [2.75, 3.05) is 31.6 Å². The molecule has 1 aliphatic heterocycles. The fraction of sp³-hybridized carbons (Fsp3) is 0.684. The molecule has 25 heavy (non-hydrogen) atoms. The molecular formula is C19H33N5O. The van der Waals surface area contributed by atoms with Crippen molar-refractivity contribution in [1.82, 2.24) is 15.2 Å². The molecule has 1 aromatic heterocycles. The van der Waals surface area contributed by atoms with Crippen molar-refractivity contribution in [3.05, 3.63) is 23.9 Å². The van der Waals surface area contributed by atoms with E-state index in [9.17, 15) is 4.79 Å². The zero-order chi connectivity index (χ0) is 18.2. The number of nitrogens with one attached hydrogen (secondary N) is 1. The van der Waals surface area contributed by atoms with Crippen LogP contribution in [0.4, 0.5) is 5.82 Å².